The van der Waals surface area contributed by atoms with Crippen LogP contribution >= 0.6 is 0 Å². The molecule has 2 amide bonds. The molecule has 0 radical (unpaired) electrons. The van der Waals surface area contributed by atoms with Crippen LogP contribution in [0.1, 0.15) is 65.4 Å². The summed E-state index contributed by atoms with van der Waals surface area (Å²) < 4.78 is 0. The molecule has 1 aliphatic heterocycles. The molecule has 0 spiro atoms. The van der Waals surface area contributed by atoms with E-state index >= 15 is 0 Å². The molecule has 1 N–H and O–H groups in total. The minimum Gasteiger partial charge on any atom is -0.353 e. The van der Waals surface area contributed by atoms with E-state index in [4.69, 9.17) is 0 Å². The molecule has 1 atom stereocenters. The number of amides is 2. The van der Waals surface area contributed by atoms with Gasteiger partial charge in [0.25, 0.3) is 0 Å². The van der Waals surface area contributed by atoms with Gasteiger partial charge in [0.15, 0.2) is 0 Å². The van der Waals surface area contributed by atoms with Crippen molar-refractivity contribution in [3.63, 3.8) is 0 Å². The largest absolute Gasteiger partial charge is 0.353 e. The molecule has 3 rings (SSSR count). The third kappa shape index (κ3) is 4.72. The summed E-state index contributed by atoms with van der Waals surface area (Å²) in [5.74, 6) is 0.607. The Morgan fingerprint density at radius 1 is 1.11 bits per heavy atom. The van der Waals surface area contributed by atoms with Gasteiger partial charge in [-0.05, 0) is 61.1 Å². The minimum absolute atomic E-state index is 0.0511. The molecule has 1 aliphatic carbocycles. The van der Waals surface area contributed by atoms with Crippen LogP contribution in [0.4, 0.5) is 5.69 Å². The smallest absolute Gasteiger partial charge is 0.227 e. The van der Waals surface area contributed by atoms with E-state index < -0.39 is 0 Å². The molecule has 148 valence electrons. The Balaban J connectivity index is 1.53. The quantitative estimate of drug-likeness (QED) is 0.858. The summed E-state index contributed by atoms with van der Waals surface area (Å²) >= 11 is 0. The zero-order valence-corrected chi connectivity index (χ0v) is 17.3. The highest BCUT2D eigenvalue weighted by molar-refractivity contribution is 6.00. The molecular formula is C23H34N2O2. The number of rotatable bonds is 4. The van der Waals surface area contributed by atoms with Crippen LogP contribution in [-0.2, 0) is 16.0 Å². The number of carbonyl (C=O) groups excluding carboxylic acids is 2. The second kappa shape index (κ2) is 8.04. The summed E-state index contributed by atoms with van der Waals surface area (Å²) in [6.45, 7) is 9.53. The predicted molar refractivity (Wildman–Crippen MR) is 110 cm³/mol. The number of nitrogens with zero attached hydrogens (tertiary/aromatic N) is 1. The summed E-state index contributed by atoms with van der Waals surface area (Å²) in [5.41, 5.74) is 2.50. The Kier molecular flexibility index (Phi) is 5.92. The van der Waals surface area contributed by atoms with Crippen LogP contribution in [-0.4, -0.2) is 24.4 Å². The van der Waals surface area contributed by atoms with Gasteiger partial charge in [-0.1, -0.05) is 39.8 Å². The first kappa shape index (κ1) is 19.9. The average molecular weight is 371 g/mol. The van der Waals surface area contributed by atoms with Crippen molar-refractivity contribution in [2.75, 3.05) is 11.4 Å². The Morgan fingerprint density at radius 2 is 1.74 bits per heavy atom. The van der Waals surface area contributed by atoms with Crippen molar-refractivity contribution in [3.05, 3.63) is 29.8 Å². The van der Waals surface area contributed by atoms with Crippen molar-refractivity contribution in [3.8, 4) is 0 Å². The van der Waals surface area contributed by atoms with Crippen molar-refractivity contribution >= 4 is 17.5 Å². The lowest BCUT2D eigenvalue weighted by Gasteiger charge is -2.37. The van der Waals surface area contributed by atoms with Crippen molar-refractivity contribution < 1.29 is 9.59 Å². The van der Waals surface area contributed by atoms with Crippen molar-refractivity contribution in [2.45, 2.75) is 72.3 Å². The number of hydrogen-bond acceptors (Lipinski definition) is 2. The lowest BCUT2D eigenvalue weighted by Crippen LogP contribution is -2.42. The van der Waals surface area contributed by atoms with Gasteiger partial charge in [0, 0.05) is 24.7 Å². The number of benzene rings is 1. The van der Waals surface area contributed by atoms with E-state index in [1.165, 1.54) is 18.4 Å². The molecule has 0 unspecified atom stereocenters. The zero-order chi connectivity index (χ0) is 19.6. The number of aryl methyl sites for hydroxylation is 1. The lowest BCUT2D eigenvalue weighted by atomic mass is 9.71. The fraction of sp³-hybridized carbons (Fsp3) is 0.652. The summed E-state index contributed by atoms with van der Waals surface area (Å²) in [6, 6.07) is 8.37. The highest BCUT2D eigenvalue weighted by atomic mass is 16.2. The van der Waals surface area contributed by atoms with Gasteiger partial charge >= 0.3 is 0 Å². The Hall–Kier alpha value is -1.84. The topological polar surface area (TPSA) is 49.4 Å². The molecule has 1 heterocycles. The molecular weight excluding hydrogens is 336 g/mol. The van der Waals surface area contributed by atoms with Gasteiger partial charge in [-0.25, -0.2) is 0 Å². The molecule has 1 saturated carbocycles. The maximum absolute atomic E-state index is 12.7. The van der Waals surface area contributed by atoms with E-state index in [0.29, 0.717) is 18.4 Å². The van der Waals surface area contributed by atoms with Crippen LogP contribution in [0, 0.1) is 17.3 Å². The van der Waals surface area contributed by atoms with Crippen molar-refractivity contribution in [1.29, 1.82) is 0 Å². The second-order valence-corrected chi connectivity index (χ2v) is 9.35. The van der Waals surface area contributed by atoms with Crippen molar-refractivity contribution in [1.82, 2.24) is 5.32 Å². The molecule has 1 aromatic rings. The molecule has 1 aromatic carbocycles. The van der Waals surface area contributed by atoms with E-state index in [1.807, 2.05) is 12.1 Å². The molecule has 4 heteroatoms. The van der Waals surface area contributed by atoms with E-state index in [2.05, 4.69) is 45.1 Å². The number of nitrogens with one attached hydrogen (secondary N) is 1. The summed E-state index contributed by atoms with van der Waals surface area (Å²) in [7, 11) is 0. The summed E-state index contributed by atoms with van der Waals surface area (Å²) in [4.78, 5) is 26.9. The molecule has 0 aromatic heterocycles. The SMILES string of the molecule is CCc1ccc(N2C[C@@H](C(=O)NC3CCC(C(C)(C)C)CC3)CC2=O)cc1. The van der Waals surface area contributed by atoms with Gasteiger partial charge in [-0.3, -0.25) is 9.59 Å². The Labute approximate surface area is 163 Å². The lowest BCUT2D eigenvalue weighted by molar-refractivity contribution is -0.127. The van der Waals surface area contributed by atoms with Crippen LogP contribution in [0.5, 0.6) is 0 Å². The standard InChI is InChI=1S/C23H34N2O2/c1-5-16-6-12-20(13-7-16)25-15-17(14-21(25)26)22(27)24-19-10-8-18(9-11-19)23(2,3)4/h6-7,12-13,17-19H,5,8-11,14-15H2,1-4H3,(H,24,27)/t17-,18?,19?/m0/s1. The fourth-order valence-corrected chi connectivity index (χ4v) is 4.47. The number of anilines is 1. The molecule has 1 saturated heterocycles. The van der Waals surface area contributed by atoms with Crippen LogP contribution in [0.2, 0.25) is 0 Å². The first-order valence-corrected chi connectivity index (χ1v) is 10.5. The normalized spacial score (nSPS) is 26.3. The van der Waals surface area contributed by atoms with Gasteiger partial charge in [-0.2, -0.15) is 0 Å². The highest BCUT2D eigenvalue weighted by Crippen LogP contribution is 2.38. The molecule has 2 aliphatic rings. The molecule has 27 heavy (non-hydrogen) atoms. The third-order valence-corrected chi connectivity index (χ3v) is 6.45. The first-order chi connectivity index (χ1) is 12.8. The molecule has 4 nitrogen and oxygen atoms in total. The zero-order valence-electron chi connectivity index (χ0n) is 17.3. The van der Waals surface area contributed by atoms with Gasteiger partial charge < -0.3 is 10.2 Å². The van der Waals surface area contributed by atoms with Crippen LogP contribution in [0.3, 0.4) is 0 Å². The van der Waals surface area contributed by atoms with E-state index in [1.54, 1.807) is 4.90 Å². The van der Waals surface area contributed by atoms with Crippen molar-refractivity contribution in [2.24, 2.45) is 17.3 Å². The average Bonchev–Trinajstić information content (AvgIpc) is 3.03. The first-order valence-electron chi connectivity index (χ1n) is 10.5. The highest BCUT2D eigenvalue weighted by Gasteiger charge is 2.37. The third-order valence-electron chi connectivity index (χ3n) is 6.45. The molecule has 0 bridgehead atoms. The Morgan fingerprint density at radius 3 is 2.30 bits per heavy atom. The number of hydrogen-bond donors (Lipinski definition) is 1. The van der Waals surface area contributed by atoms with Crippen LogP contribution in [0.25, 0.3) is 0 Å². The maximum Gasteiger partial charge on any atom is 0.227 e. The summed E-state index contributed by atoms with van der Waals surface area (Å²) in [6.07, 6.45) is 5.75. The second-order valence-electron chi connectivity index (χ2n) is 9.35. The van der Waals surface area contributed by atoms with Gasteiger partial charge in [0.05, 0.1) is 5.92 Å². The minimum atomic E-state index is -0.233. The van der Waals surface area contributed by atoms with E-state index in [-0.39, 0.29) is 23.8 Å². The predicted octanol–water partition coefficient (Wildman–Crippen LogP) is 4.32. The Bertz CT molecular complexity index is 667. The van der Waals surface area contributed by atoms with Gasteiger partial charge in [-0.15, -0.1) is 0 Å². The van der Waals surface area contributed by atoms with Crippen LogP contribution in [0.15, 0.2) is 24.3 Å². The maximum atomic E-state index is 12.7. The van der Waals surface area contributed by atoms with E-state index in [9.17, 15) is 9.59 Å². The fourth-order valence-electron chi connectivity index (χ4n) is 4.47. The van der Waals surface area contributed by atoms with Crippen LogP contribution < -0.4 is 10.2 Å². The summed E-state index contributed by atoms with van der Waals surface area (Å²) in [5, 5.41) is 3.23. The molecule has 2 fully saturated rings. The number of carbonyl (C=O) groups is 2. The van der Waals surface area contributed by atoms with E-state index in [0.717, 1.165) is 30.9 Å². The van der Waals surface area contributed by atoms with Gasteiger partial charge in [0.1, 0.15) is 0 Å². The monoisotopic (exact) mass is 370 g/mol. The van der Waals surface area contributed by atoms with Gasteiger partial charge in [0.2, 0.25) is 11.8 Å².